The fraction of sp³-hybridized carbons (Fsp3) is 0.375. The van der Waals surface area contributed by atoms with E-state index in [4.69, 9.17) is 21.9 Å². The van der Waals surface area contributed by atoms with Gasteiger partial charge in [0.25, 0.3) is 0 Å². The van der Waals surface area contributed by atoms with Crippen LogP contribution in [0.4, 0.5) is 4.39 Å². The lowest BCUT2D eigenvalue weighted by molar-refractivity contribution is 0.0999. The second-order valence-electron chi connectivity index (χ2n) is 5.08. The summed E-state index contributed by atoms with van der Waals surface area (Å²) in [7, 11) is 0. The van der Waals surface area contributed by atoms with Crippen LogP contribution < -0.4 is 21.9 Å². The number of ether oxygens (including phenoxy) is 1. The summed E-state index contributed by atoms with van der Waals surface area (Å²) in [5, 5.41) is 0. The zero-order valence-corrected chi connectivity index (χ0v) is 13.2. The Kier molecular flexibility index (Phi) is 7.59. The van der Waals surface area contributed by atoms with Crippen molar-refractivity contribution in [3.05, 3.63) is 41.2 Å². The molecular formula is C16H23FN4O2. The monoisotopic (exact) mass is 322 g/mol. The molecule has 0 radical (unpaired) electrons. The summed E-state index contributed by atoms with van der Waals surface area (Å²) in [5.41, 5.74) is 17.4. The molecule has 7 heteroatoms. The Morgan fingerprint density at radius 3 is 2.65 bits per heavy atom. The molecule has 0 atom stereocenters. The molecule has 6 nitrogen and oxygen atoms in total. The highest BCUT2D eigenvalue weighted by atomic mass is 19.1. The van der Waals surface area contributed by atoms with Crippen molar-refractivity contribution in [1.29, 1.82) is 0 Å². The first-order valence-electron chi connectivity index (χ1n) is 7.37. The summed E-state index contributed by atoms with van der Waals surface area (Å²) in [6, 6.07) is 5.01. The number of hydrogen-bond donors (Lipinski definition) is 3. The van der Waals surface area contributed by atoms with Crippen LogP contribution in [0.3, 0.4) is 0 Å². The van der Waals surface area contributed by atoms with E-state index in [0.29, 0.717) is 23.2 Å². The van der Waals surface area contributed by atoms with Crippen molar-refractivity contribution in [3.63, 3.8) is 0 Å². The number of primary amides is 1. The predicted molar refractivity (Wildman–Crippen MR) is 88.9 cm³/mol. The summed E-state index contributed by atoms with van der Waals surface area (Å²) in [6.45, 7) is 2.10. The molecule has 0 aliphatic carbocycles. The average Bonchev–Trinajstić information content (AvgIpc) is 2.52. The van der Waals surface area contributed by atoms with Crippen LogP contribution in [-0.2, 0) is 6.42 Å². The van der Waals surface area contributed by atoms with Crippen molar-refractivity contribution in [3.8, 4) is 5.75 Å². The highest BCUT2D eigenvalue weighted by Gasteiger charge is 2.10. The first kappa shape index (κ1) is 18.5. The predicted octanol–water partition coefficient (Wildman–Crippen LogP) is 1.63. The maximum atomic E-state index is 12.8. The Morgan fingerprint density at radius 2 is 2.09 bits per heavy atom. The molecule has 0 saturated carbocycles. The molecule has 1 aromatic rings. The van der Waals surface area contributed by atoms with Gasteiger partial charge >= 0.3 is 0 Å². The van der Waals surface area contributed by atoms with Gasteiger partial charge in [0.1, 0.15) is 12.4 Å². The minimum Gasteiger partial charge on any atom is -0.489 e. The van der Waals surface area contributed by atoms with Crippen LogP contribution in [0, 0.1) is 0 Å². The van der Waals surface area contributed by atoms with E-state index in [-0.39, 0.29) is 19.1 Å². The zero-order chi connectivity index (χ0) is 17.2. The topological polar surface area (TPSA) is 117 Å². The largest absolute Gasteiger partial charge is 0.489 e. The number of unbranched alkanes of at least 4 members (excludes halogenated alkanes) is 1. The summed E-state index contributed by atoms with van der Waals surface area (Å²) in [4.78, 5) is 15.2. The van der Waals surface area contributed by atoms with Crippen LogP contribution in [0.15, 0.2) is 35.1 Å². The van der Waals surface area contributed by atoms with Crippen LogP contribution in [0.2, 0.25) is 0 Å². The maximum absolute atomic E-state index is 12.8. The fourth-order valence-electron chi connectivity index (χ4n) is 1.95. The number of carbonyl (C=O) groups is 1. The van der Waals surface area contributed by atoms with E-state index in [2.05, 4.69) is 11.9 Å². The van der Waals surface area contributed by atoms with Crippen molar-refractivity contribution in [2.45, 2.75) is 26.2 Å². The molecule has 1 aromatic carbocycles. The molecule has 1 amide bonds. The Bertz CT molecular complexity index is 596. The van der Waals surface area contributed by atoms with E-state index in [1.54, 1.807) is 18.2 Å². The summed E-state index contributed by atoms with van der Waals surface area (Å²) >= 11 is 0. The summed E-state index contributed by atoms with van der Waals surface area (Å²) in [5.74, 6) is -0.0538. The lowest BCUT2D eigenvalue weighted by Crippen LogP contribution is -2.23. The number of amides is 1. The molecule has 0 aliphatic heterocycles. The molecule has 0 fully saturated rings. The number of nitrogens with two attached hydrogens (primary N) is 3. The third-order valence-corrected chi connectivity index (χ3v) is 3.19. The van der Waals surface area contributed by atoms with Gasteiger partial charge in [0.2, 0.25) is 5.91 Å². The van der Waals surface area contributed by atoms with Gasteiger partial charge in [0.05, 0.1) is 12.9 Å². The van der Waals surface area contributed by atoms with Crippen molar-refractivity contribution >= 4 is 11.9 Å². The maximum Gasteiger partial charge on any atom is 0.248 e. The van der Waals surface area contributed by atoms with Crippen LogP contribution in [0.5, 0.6) is 5.75 Å². The Labute approximate surface area is 135 Å². The van der Waals surface area contributed by atoms with Gasteiger partial charge in [-0.05, 0) is 36.6 Å². The van der Waals surface area contributed by atoms with E-state index in [1.165, 1.54) is 0 Å². The molecular weight excluding hydrogens is 299 g/mol. The van der Waals surface area contributed by atoms with Crippen LogP contribution >= 0.6 is 0 Å². The Balaban J connectivity index is 2.80. The molecule has 23 heavy (non-hydrogen) atoms. The van der Waals surface area contributed by atoms with Crippen LogP contribution in [-0.4, -0.2) is 25.0 Å². The molecule has 0 aromatic heterocycles. The third-order valence-electron chi connectivity index (χ3n) is 3.19. The molecule has 126 valence electrons. The smallest absolute Gasteiger partial charge is 0.248 e. The van der Waals surface area contributed by atoms with Crippen LogP contribution in [0.1, 0.15) is 35.7 Å². The van der Waals surface area contributed by atoms with Gasteiger partial charge in [0.15, 0.2) is 5.96 Å². The number of nitrogens with zero attached hydrogens (tertiary/aromatic N) is 1. The van der Waals surface area contributed by atoms with Crippen LogP contribution in [0.25, 0.3) is 0 Å². The van der Waals surface area contributed by atoms with Crippen molar-refractivity contribution in [2.75, 3.05) is 13.2 Å². The standard InChI is InChI=1S/C16H23FN4O2/c1-2-3-4-12-7-13(5-6-14(12)15(18)22)23-10-11(8-17)9-21-16(19)20/h5-8H,2-4,9-10H2,1H3,(H2,18,22)(H4,19,20,21)/b11-8+. The Morgan fingerprint density at radius 1 is 1.35 bits per heavy atom. The number of hydrogen-bond acceptors (Lipinski definition) is 3. The van der Waals surface area contributed by atoms with Gasteiger partial charge < -0.3 is 21.9 Å². The summed E-state index contributed by atoms with van der Waals surface area (Å²) < 4.78 is 18.3. The number of guanidine groups is 1. The van der Waals surface area contributed by atoms with Gasteiger partial charge in [0, 0.05) is 11.1 Å². The third kappa shape index (κ3) is 6.37. The van der Waals surface area contributed by atoms with Gasteiger partial charge in [-0.25, -0.2) is 9.38 Å². The van der Waals surface area contributed by atoms with E-state index in [0.717, 1.165) is 24.8 Å². The number of benzene rings is 1. The molecule has 6 N–H and O–H groups in total. The lowest BCUT2D eigenvalue weighted by atomic mass is 10.0. The zero-order valence-electron chi connectivity index (χ0n) is 13.2. The van der Waals surface area contributed by atoms with Gasteiger partial charge in [-0.2, -0.15) is 0 Å². The lowest BCUT2D eigenvalue weighted by Gasteiger charge is -2.11. The molecule has 0 bridgehead atoms. The molecule has 1 rings (SSSR count). The second-order valence-corrected chi connectivity index (χ2v) is 5.08. The number of aliphatic imine (C=N–C) groups is 1. The number of aryl methyl sites for hydroxylation is 1. The highest BCUT2D eigenvalue weighted by Crippen LogP contribution is 2.20. The summed E-state index contributed by atoms with van der Waals surface area (Å²) in [6.07, 6.45) is 3.08. The quantitative estimate of drug-likeness (QED) is 0.473. The fourth-order valence-corrected chi connectivity index (χ4v) is 1.95. The van der Waals surface area contributed by atoms with Crippen molar-refractivity contribution in [2.24, 2.45) is 22.2 Å². The molecule has 0 unspecified atom stereocenters. The van der Waals surface area contributed by atoms with Crippen molar-refractivity contribution in [1.82, 2.24) is 0 Å². The Hall–Kier alpha value is -2.57. The van der Waals surface area contributed by atoms with Gasteiger partial charge in [-0.3, -0.25) is 4.79 Å². The number of rotatable bonds is 9. The van der Waals surface area contributed by atoms with Gasteiger partial charge in [-0.1, -0.05) is 13.3 Å². The SMILES string of the molecule is CCCCc1cc(OC/C(=C/F)CN=C(N)N)ccc1C(N)=O. The van der Waals surface area contributed by atoms with E-state index < -0.39 is 5.91 Å². The number of halogens is 1. The molecule has 0 heterocycles. The first-order chi connectivity index (χ1) is 11.0. The molecule has 0 spiro atoms. The van der Waals surface area contributed by atoms with Crippen molar-refractivity contribution < 1.29 is 13.9 Å². The minimum atomic E-state index is -0.472. The average molecular weight is 322 g/mol. The van der Waals surface area contributed by atoms with E-state index >= 15 is 0 Å². The molecule has 0 aliphatic rings. The highest BCUT2D eigenvalue weighted by molar-refractivity contribution is 5.94. The molecule has 0 saturated heterocycles. The van der Waals surface area contributed by atoms with Gasteiger partial charge in [-0.15, -0.1) is 0 Å². The number of carbonyl (C=O) groups excluding carboxylic acids is 1. The normalized spacial score (nSPS) is 11.1. The van der Waals surface area contributed by atoms with E-state index in [9.17, 15) is 9.18 Å². The first-order valence-corrected chi connectivity index (χ1v) is 7.37. The van der Waals surface area contributed by atoms with E-state index in [1.807, 2.05) is 0 Å². The second kappa shape index (κ2) is 9.45. The minimum absolute atomic E-state index is 0.0103.